The van der Waals surface area contributed by atoms with Gasteiger partial charge in [0.15, 0.2) is 0 Å². The van der Waals surface area contributed by atoms with Crippen molar-refractivity contribution < 1.29 is 60.7 Å². The molecule has 0 rings (SSSR count). The van der Waals surface area contributed by atoms with E-state index in [4.69, 9.17) is 39.2 Å². The molecular formula is C20H40O13P2. The summed E-state index contributed by atoms with van der Waals surface area (Å²) in [5.41, 5.74) is 0. The second kappa shape index (κ2) is 23.9. The van der Waals surface area contributed by atoms with Gasteiger partial charge in [-0.3, -0.25) is 18.1 Å². The van der Waals surface area contributed by atoms with Crippen LogP contribution in [0.15, 0.2) is 0 Å². The van der Waals surface area contributed by atoms with E-state index in [0.29, 0.717) is 65.7 Å². The van der Waals surface area contributed by atoms with E-state index in [1.807, 2.05) is 0 Å². The zero-order chi connectivity index (χ0) is 26.1. The van der Waals surface area contributed by atoms with Crippen LogP contribution in [-0.2, 0) is 50.9 Å². The summed E-state index contributed by atoms with van der Waals surface area (Å²) in [5.74, 6) is 2.48. The molecule has 0 saturated carbocycles. The predicted molar refractivity (Wildman–Crippen MR) is 126 cm³/mol. The van der Waals surface area contributed by atoms with Crippen molar-refractivity contribution in [3.8, 4) is 12.3 Å². The molecule has 2 N–H and O–H groups in total. The van der Waals surface area contributed by atoms with Crippen LogP contribution in [0, 0.1) is 12.3 Å². The Bertz CT molecular complexity index is 614. The molecule has 13 nitrogen and oxygen atoms in total. The van der Waals surface area contributed by atoms with Gasteiger partial charge in [0.2, 0.25) is 0 Å². The highest BCUT2D eigenvalue weighted by Crippen LogP contribution is 2.43. The summed E-state index contributed by atoms with van der Waals surface area (Å²) in [6.07, 6.45) is 7.03. The Morgan fingerprint density at radius 3 is 1.29 bits per heavy atom. The third-order valence-corrected chi connectivity index (χ3v) is 5.83. The van der Waals surface area contributed by atoms with E-state index in [1.54, 1.807) is 6.92 Å². The molecule has 15 heteroatoms. The van der Waals surface area contributed by atoms with Crippen molar-refractivity contribution in [3.63, 3.8) is 0 Å². The summed E-state index contributed by atoms with van der Waals surface area (Å²) < 4.78 is 68.1. The van der Waals surface area contributed by atoms with E-state index >= 15 is 0 Å². The van der Waals surface area contributed by atoms with Crippen LogP contribution in [0.5, 0.6) is 0 Å². The summed E-state index contributed by atoms with van der Waals surface area (Å²) in [7, 11) is -8.03. The Labute approximate surface area is 207 Å². The molecule has 0 spiro atoms. The van der Waals surface area contributed by atoms with Gasteiger partial charge >= 0.3 is 15.6 Å². The van der Waals surface area contributed by atoms with Crippen LogP contribution < -0.4 is 0 Å². The summed E-state index contributed by atoms with van der Waals surface area (Å²) in [4.78, 5) is 18.7. The van der Waals surface area contributed by atoms with E-state index < -0.39 is 15.6 Å². The van der Waals surface area contributed by atoms with Gasteiger partial charge in [0.25, 0.3) is 0 Å². The second-order valence-electron chi connectivity index (χ2n) is 6.58. The second-order valence-corrected chi connectivity index (χ2v) is 9.48. The molecule has 2 unspecified atom stereocenters. The molecule has 0 amide bonds. The van der Waals surface area contributed by atoms with Crippen molar-refractivity contribution in [3.05, 3.63) is 0 Å². The lowest BCUT2D eigenvalue weighted by molar-refractivity contribution is -0.0155. The lowest BCUT2D eigenvalue weighted by Gasteiger charge is -2.12. The molecule has 0 aliphatic carbocycles. The van der Waals surface area contributed by atoms with Crippen LogP contribution in [0.3, 0.4) is 0 Å². The largest absolute Gasteiger partial charge is 0.472 e. The van der Waals surface area contributed by atoms with Gasteiger partial charge in [0.05, 0.1) is 92.5 Å². The minimum atomic E-state index is -4.06. The minimum absolute atomic E-state index is 0.0515. The number of hydrogen-bond donors (Lipinski definition) is 2. The molecule has 0 saturated heterocycles. The van der Waals surface area contributed by atoms with Gasteiger partial charge in [-0.25, -0.2) is 9.13 Å². The molecule has 0 aliphatic heterocycles. The van der Waals surface area contributed by atoms with E-state index in [9.17, 15) is 18.9 Å². The molecule has 0 aromatic rings. The van der Waals surface area contributed by atoms with Crippen molar-refractivity contribution in [2.45, 2.75) is 26.2 Å². The fourth-order valence-electron chi connectivity index (χ4n) is 2.15. The first-order chi connectivity index (χ1) is 16.8. The van der Waals surface area contributed by atoms with Crippen molar-refractivity contribution >= 4 is 15.6 Å². The van der Waals surface area contributed by atoms with E-state index in [1.165, 1.54) is 0 Å². The Balaban J connectivity index is 3.28. The normalized spacial score (nSPS) is 14.9. The number of terminal acetylenes is 1. The summed E-state index contributed by atoms with van der Waals surface area (Å²) in [5, 5.41) is 0. The average Bonchev–Trinajstić information content (AvgIpc) is 2.80. The Morgan fingerprint density at radius 2 is 0.914 bits per heavy atom. The zero-order valence-electron chi connectivity index (χ0n) is 20.4. The van der Waals surface area contributed by atoms with Crippen molar-refractivity contribution in [1.29, 1.82) is 0 Å². The molecule has 2 atom stereocenters. The van der Waals surface area contributed by atoms with Crippen LogP contribution in [-0.4, -0.2) is 102 Å². The molecule has 0 heterocycles. The van der Waals surface area contributed by atoms with E-state index in [-0.39, 0.29) is 39.6 Å². The molecule has 208 valence electrons. The SMILES string of the molecule is C#CCCCCOP(=O)(O)OCCOCCOCCOCCOCCOCCOP(=O)(O)OCC. The molecular weight excluding hydrogens is 510 g/mol. The van der Waals surface area contributed by atoms with Crippen LogP contribution in [0.1, 0.15) is 26.2 Å². The van der Waals surface area contributed by atoms with Crippen molar-refractivity contribution in [1.82, 2.24) is 0 Å². The van der Waals surface area contributed by atoms with Gasteiger partial charge in [-0.1, -0.05) is 0 Å². The molecule has 0 fully saturated rings. The third-order valence-electron chi connectivity index (χ3n) is 3.71. The van der Waals surface area contributed by atoms with E-state index in [0.717, 1.165) is 6.42 Å². The maximum Gasteiger partial charge on any atom is 0.472 e. The van der Waals surface area contributed by atoms with Crippen LogP contribution in [0.25, 0.3) is 0 Å². The lowest BCUT2D eigenvalue weighted by Crippen LogP contribution is -2.14. The van der Waals surface area contributed by atoms with Gasteiger partial charge in [0, 0.05) is 6.42 Å². The highest BCUT2D eigenvalue weighted by atomic mass is 31.2. The maximum atomic E-state index is 11.6. The van der Waals surface area contributed by atoms with Gasteiger partial charge < -0.3 is 33.5 Å². The molecule has 35 heavy (non-hydrogen) atoms. The topological polar surface area (TPSA) is 158 Å². The van der Waals surface area contributed by atoms with Gasteiger partial charge in [-0.05, 0) is 19.8 Å². The smallest absolute Gasteiger partial charge is 0.377 e. The quantitative estimate of drug-likeness (QED) is 0.0872. The highest BCUT2D eigenvalue weighted by Gasteiger charge is 2.20. The molecule has 0 aromatic carbocycles. The summed E-state index contributed by atoms with van der Waals surface area (Å²) in [6.45, 7) is 4.85. The Hall–Kier alpha value is -0.420. The highest BCUT2D eigenvalue weighted by molar-refractivity contribution is 7.47. The number of hydrogen-bond acceptors (Lipinski definition) is 11. The lowest BCUT2D eigenvalue weighted by atomic mass is 10.2. The number of ether oxygens (including phenoxy) is 5. The number of rotatable bonds is 27. The van der Waals surface area contributed by atoms with Gasteiger partial charge in [0.1, 0.15) is 0 Å². The molecule has 0 aliphatic rings. The third kappa shape index (κ3) is 26.5. The van der Waals surface area contributed by atoms with E-state index in [2.05, 4.69) is 15.0 Å². The summed E-state index contributed by atoms with van der Waals surface area (Å²) in [6, 6.07) is 0. The molecule has 0 bridgehead atoms. The van der Waals surface area contributed by atoms with Crippen molar-refractivity contribution in [2.24, 2.45) is 0 Å². The van der Waals surface area contributed by atoms with Gasteiger partial charge in [-0.2, -0.15) is 0 Å². The fraction of sp³-hybridized carbons (Fsp3) is 0.900. The van der Waals surface area contributed by atoms with Gasteiger partial charge in [-0.15, -0.1) is 12.3 Å². The fourth-order valence-corrected chi connectivity index (χ4v) is 3.60. The number of unbranched alkanes of at least 4 members (excludes halogenated alkanes) is 2. The summed E-state index contributed by atoms with van der Waals surface area (Å²) >= 11 is 0. The number of phosphoric ester groups is 2. The Kier molecular flexibility index (Phi) is 23.7. The monoisotopic (exact) mass is 550 g/mol. The molecule has 0 aromatic heterocycles. The predicted octanol–water partition coefficient (Wildman–Crippen LogP) is 2.16. The zero-order valence-corrected chi connectivity index (χ0v) is 22.2. The average molecular weight is 550 g/mol. The first-order valence-corrected chi connectivity index (χ1v) is 14.4. The first-order valence-electron chi connectivity index (χ1n) is 11.4. The van der Waals surface area contributed by atoms with Crippen LogP contribution >= 0.6 is 15.6 Å². The maximum absolute atomic E-state index is 11.6. The Morgan fingerprint density at radius 1 is 0.571 bits per heavy atom. The first kappa shape index (κ1) is 34.6. The number of phosphoric acid groups is 2. The standard InChI is InChI=1S/C20H40O13P2/c1-3-5-6-7-8-31-35(23,24)33-20-18-29-16-14-27-12-10-25-9-11-26-13-15-28-17-19-32-34(21,22)30-4-2/h1H,4-20H2,2H3,(H,21,22)(H,23,24). The van der Waals surface area contributed by atoms with Crippen molar-refractivity contribution in [2.75, 3.05) is 92.5 Å². The van der Waals surface area contributed by atoms with Crippen LogP contribution in [0.2, 0.25) is 0 Å². The minimum Gasteiger partial charge on any atom is -0.377 e. The van der Waals surface area contributed by atoms with Crippen LogP contribution in [0.4, 0.5) is 0 Å². The molecule has 0 radical (unpaired) electrons.